The fourth-order valence-corrected chi connectivity index (χ4v) is 5.71. The quantitative estimate of drug-likeness (QED) is 0.847. The summed E-state index contributed by atoms with van der Waals surface area (Å²) < 4.78 is 13.6. The van der Waals surface area contributed by atoms with Crippen LogP contribution in [0.5, 0.6) is 0 Å². The lowest BCUT2D eigenvalue weighted by molar-refractivity contribution is 0.0764. The smallest absolute Gasteiger partial charge is 0.272 e. The van der Waals surface area contributed by atoms with Gasteiger partial charge in [0.1, 0.15) is 11.5 Å². The highest BCUT2D eigenvalue weighted by Crippen LogP contribution is 2.56. The van der Waals surface area contributed by atoms with E-state index < -0.39 is 0 Å². The third kappa shape index (κ3) is 3.00. The Balaban J connectivity index is 1.53. The Morgan fingerprint density at radius 3 is 2.74 bits per heavy atom. The number of aromatic nitrogens is 1. The van der Waals surface area contributed by atoms with Gasteiger partial charge in [0.2, 0.25) is 0 Å². The van der Waals surface area contributed by atoms with Crippen molar-refractivity contribution in [1.82, 2.24) is 9.88 Å². The number of carbonyl (C=O) groups excluding carboxylic acids is 1. The Morgan fingerprint density at radius 2 is 1.96 bits per heavy atom. The molecule has 140 valence electrons. The molecule has 1 aromatic carbocycles. The van der Waals surface area contributed by atoms with Crippen molar-refractivity contribution in [1.29, 1.82) is 0 Å². The van der Waals surface area contributed by atoms with Crippen molar-refractivity contribution in [2.24, 2.45) is 0 Å². The number of amides is 1. The summed E-state index contributed by atoms with van der Waals surface area (Å²) in [5.41, 5.74) is 4.67. The molecule has 2 atom stereocenters. The van der Waals surface area contributed by atoms with Crippen LogP contribution in [0, 0.1) is 5.82 Å². The van der Waals surface area contributed by atoms with Crippen LogP contribution in [-0.4, -0.2) is 40.4 Å². The van der Waals surface area contributed by atoms with Gasteiger partial charge in [-0.05, 0) is 60.4 Å². The van der Waals surface area contributed by atoms with Gasteiger partial charge >= 0.3 is 0 Å². The van der Waals surface area contributed by atoms with Crippen molar-refractivity contribution >= 4 is 29.0 Å². The average Bonchev–Trinajstić information content (AvgIpc) is 3.31. The van der Waals surface area contributed by atoms with Crippen LogP contribution in [0.15, 0.2) is 30.5 Å². The predicted octanol–water partition coefficient (Wildman–Crippen LogP) is 4.52. The molecule has 6 heteroatoms. The summed E-state index contributed by atoms with van der Waals surface area (Å²) in [6.07, 6.45) is 5.18. The maximum atomic E-state index is 13.6. The summed E-state index contributed by atoms with van der Waals surface area (Å²) in [7, 11) is 0. The largest absolute Gasteiger partial charge is 0.354 e. The summed E-state index contributed by atoms with van der Waals surface area (Å²) in [4.78, 5) is 19.7. The van der Waals surface area contributed by atoms with Crippen molar-refractivity contribution in [2.75, 3.05) is 29.9 Å². The SMILES string of the molecule is O=C(c1ncc(Nc2cccc(F)c2)c2c1C1CCC2C1)N1CCSCC1. The van der Waals surface area contributed by atoms with Gasteiger partial charge in [-0.1, -0.05) is 6.07 Å². The Kier molecular flexibility index (Phi) is 4.31. The lowest BCUT2D eigenvalue weighted by atomic mass is 9.89. The number of benzene rings is 1. The van der Waals surface area contributed by atoms with Crippen molar-refractivity contribution in [3.8, 4) is 0 Å². The molecule has 0 spiro atoms. The van der Waals surface area contributed by atoms with Gasteiger partial charge in [0.25, 0.3) is 5.91 Å². The van der Waals surface area contributed by atoms with E-state index in [4.69, 9.17) is 0 Å². The summed E-state index contributed by atoms with van der Waals surface area (Å²) in [6, 6.07) is 6.48. The molecule has 5 rings (SSSR count). The normalized spacial score (nSPS) is 23.4. The molecule has 2 unspecified atom stereocenters. The Labute approximate surface area is 162 Å². The van der Waals surface area contributed by atoms with Gasteiger partial charge in [0.05, 0.1) is 11.9 Å². The number of fused-ring (bicyclic) bond motifs is 5. The van der Waals surface area contributed by atoms with Gasteiger partial charge in [0.15, 0.2) is 0 Å². The fourth-order valence-electron chi connectivity index (χ4n) is 4.81. The minimum atomic E-state index is -0.263. The van der Waals surface area contributed by atoms with E-state index in [9.17, 15) is 9.18 Å². The first-order valence-corrected chi connectivity index (χ1v) is 10.8. The lowest BCUT2D eigenvalue weighted by Gasteiger charge is -2.28. The minimum Gasteiger partial charge on any atom is -0.354 e. The molecule has 2 bridgehead atoms. The molecule has 1 saturated heterocycles. The molecule has 1 amide bonds. The van der Waals surface area contributed by atoms with Crippen LogP contribution in [0.2, 0.25) is 0 Å². The minimum absolute atomic E-state index is 0.0800. The zero-order chi connectivity index (χ0) is 18.4. The van der Waals surface area contributed by atoms with Crippen LogP contribution in [0.1, 0.15) is 52.7 Å². The summed E-state index contributed by atoms with van der Waals surface area (Å²) in [5.74, 6) is 2.73. The van der Waals surface area contributed by atoms with E-state index in [0.29, 0.717) is 23.2 Å². The molecule has 4 nitrogen and oxygen atoms in total. The second-order valence-electron chi connectivity index (χ2n) is 7.59. The molecule has 1 aliphatic heterocycles. The zero-order valence-electron chi connectivity index (χ0n) is 15.1. The van der Waals surface area contributed by atoms with E-state index in [-0.39, 0.29) is 11.7 Å². The maximum Gasteiger partial charge on any atom is 0.272 e. The van der Waals surface area contributed by atoms with Gasteiger partial charge in [-0.2, -0.15) is 11.8 Å². The second kappa shape index (κ2) is 6.82. The van der Waals surface area contributed by atoms with Gasteiger partial charge in [0, 0.05) is 30.3 Å². The number of hydrogen-bond donors (Lipinski definition) is 1. The highest BCUT2D eigenvalue weighted by atomic mass is 32.2. The second-order valence-corrected chi connectivity index (χ2v) is 8.82. The number of thioether (sulfide) groups is 1. The topological polar surface area (TPSA) is 45.2 Å². The van der Waals surface area contributed by atoms with Crippen molar-refractivity contribution < 1.29 is 9.18 Å². The van der Waals surface area contributed by atoms with Crippen LogP contribution in [0.25, 0.3) is 0 Å². The van der Waals surface area contributed by atoms with Crippen LogP contribution in [0.3, 0.4) is 0 Å². The molecular weight excluding hydrogens is 361 g/mol. The van der Waals surface area contributed by atoms with E-state index in [1.807, 2.05) is 22.7 Å². The van der Waals surface area contributed by atoms with E-state index in [2.05, 4.69) is 10.3 Å². The number of rotatable bonds is 3. The van der Waals surface area contributed by atoms with Gasteiger partial charge in [-0.15, -0.1) is 0 Å². The monoisotopic (exact) mass is 383 g/mol. The molecule has 1 saturated carbocycles. The van der Waals surface area contributed by atoms with E-state index in [0.717, 1.165) is 55.1 Å². The van der Waals surface area contributed by atoms with Crippen LogP contribution >= 0.6 is 11.8 Å². The number of carbonyl (C=O) groups is 1. The first kappa shape index (κ1) is 17.0. The Bertz CT molecular complexity index is 897. The number of nitrogens with zero attached hydrogens (tertiary/aromatic N) is 2. The summed E-state index contributed by atoms with van der Waals surface area (Å²) >= 11 is 1.90. The van der Waals surface area contributed by atoms with Crippen LogP contribution in [0.4, 0.5) is 15.8 Å². The van der Waals surface area contributed by atoms with Crippen molar-refractivity contribution in [2.45, 2.75) is 31.1 Å². The van der Waals surface area contributed by atoms with E-state index in [1.54, 1.807) is 12.3 Å². The predicted molar refractivity (Wildman–Crippen MR) is 106 cm³/mol. The highest BCUT2D eigenvalue weighted by Gasteiger charge is 2.42. The molecule has 2 heterocycles. The zero-order valence-corrected chi connectivity index (χ0v) is 15.9. The van der Waals surface area contributed by atoms with Gasteiger partial charge in [-0.3, -0.25) is 4.79 Å². The third-order valence-corrected chi connectivity index (χ3v) is 6.95. The summed E-state index contributed by atoms with van der Waals surface area (Å²) in [5, 5.41) is 3.34. The first-order valence-electron chi connectivity index (χ1n) is 9.63. The molecule has 2 fully saturated rings. The molecule has 1 N–H and O–H groups in total. The van der Waals surface area contributed by atoms with Crippen LogP contribution in [-0.2, 0) is 0 Å². The molecule has 2 aromatic rings. The average molecular weight is 383 g/mol. The number of anilines is 2. The van der Waals surface area contributed by atoms with Crippen LogP contribution < -0.4 is 5.32 Å². The number of nitrogens with one attached hydrogen (secondary N) is 1. The maximum absolute atomic E-state index is 13.6. The molecule has 0 radical (unpaired) electrons. The summed E-state index contributed by atoms with van der Waals surface area (Å²) in [6.45, 7) is 1.61. The number of pyridine rings is 1. The fraction of sp³-hybridized carbons (Fsp3) is 0.429. The highest BCUT2D eigenvalue weighted by molar-refractivity contribution is 7.99. The molecule has 2 aliphatic carbocycles. The van der Waals surface area contributed by atoms with Gasteiger partial charge < -0.3 is 10.2 Å². The van der Waals surface area contributed by atoms with Gasteiger partial charge in [-0.25, -0.2) is 9.37 Å². The molecule has 27 heavy (non-hydrogen) atoms. The molecular formula is C21H22FN3OS. The van der Waals surface area contributed by atoms with E-state index in [1.165, 1.54) is 17.7 Å². The third-order valence-electron chi connectivity index (χ3n) is 6.01. The lowest BCUT2D eigenvalue weighted by Crippen LogP contribution is -2.39. The molecule has 3 aliphatic rings. The van der Waals surface area contributed by atoms with Crippen molar-refractivity contribution in [3.05, 3.63) is 53.1 Å². The standard InChI is InChI=1S/C21H22FN3OS/c22-15-2-1-3-16(11-15)24-17-12-23-20(21(26)25-6-8-27-9-7-25)19-14-5-4-13(10-14)18(17)19/h1-3,11-14,24H,4-10H2. The Hall–Kier alpha value is -2.08. The molecule has 1 aromatic heterocycles. The number of hydrogen-bond acceptors (Lipinski definition) is 4. The number of halogens is 1. The first-order chi connectivity index (χ1) is 13.2. The van der Waals surface area contributed by atoms with E-state index >= 15 is 0 Å². The Morgan fingerprint density at radius 1 is 1.19 bits per heavy atom. The van der Waals surface area contributed by atoms with Crippen molar-refractivity contribution in [3.63, 3.8) is 0 Å².